The number of hydrogen-bond acceptors (Lipinski definition) is 5. The van der Waals surface area contributed by atoms with Crippen molar-refractivity contribution in [2.45, 2.75) is 18.8 Å². The maximum atomic E-state index is 5.06. The van der Waals surface area contributed by atoms with E-state index >= 15 is 0 Å². The highest BCUT2D eigenvalue weighted by Gasteiger charge is 2.32. The SMILES string of the molecule is Cc1nc([C@H]2CNC[C@H]2c2ccncc2)no1. The Morgan fingerprint density at radius 3 is 2.71 bits per heavy atom. The average molecular weight is 230 g/mol. The van der Waals surface area contributed by atoms with Crippen LogP contribution in [0.3, 0.4) is 0 Å². The maximum Gasteiger partial charge on any atom is 0.223 e. The minimum absolute atomic E-state index is 0.287. The van der Waals surface area contributed by atoms with Gasteiger partial charge in [0.25, 0.3) is 0 Å². The maximum absolute atomic E-state index is 5.06. The number of nitrogens with one attached hydrogen (secondary N) is 1. The van der Waals surface area contributed by atoms with Crippen LogP contribution in [0.2, 0.25) is 0 Å². The van der Waals surface area contributed by atoms with E-state index in [4.69, 9.17) is 4.52 Å². The summed E-state index contributed by atoms with van der Waals surface area (Å²) < 4.78 is 5.06. The average Bonchev–Trinajstić information content (AvgIpc) is 2.98. The first-order valence-electron chi connectivity index (χ1n) is 5.75. The second-order valence-corrected chi connectivity index (χ2v) is 4.32. The molecule has 1 saturated heterocycles. The second kappa shape index (κ2) is 4.25. The predicted octanol–water partition coefficient (Wildman–Crippen LogP) is 1.24. The van der Waals surface area contributed by atoms with Crippen molar-refractivity contribution in [1.29, 1.82) is 0 Å². The van der Waals surface area contributed by atoms with Gasteiger partial charge in [-0.2, -0.15) is 4.98 Å². The largest absolute Gasteiger partial charge is 0.340 e. The van der Waals surface area contributed by atoms with Crippen LogP contribution in [-0.4, -0.2) is 28.2 Å². The molecule has 1 aliphatic rings. The van der Waals surface area contributed by atoms with Gasteiger partial charge < -0.3 is 9.84 Å². The smallest absolute Gasteiger partial charge is 0.223 e. The Hall–Kier alpha value is -1.75. The Morgan fingerprint density at radius 2 is 2.00 bits per heavy atom. The molecule has 1 N–H and O–H groups in total. The van der Waals surface area contributed by atoms with Crippen LogP contribution in [-0.2, 0) is 0 Å². The quantitative estimate of drug-likeness (QED) is 0.841. The van der Waals surface area contributed by atoms with Crippen molar-refractivity contribution in [3.05, 3.63) is 41.8 Å². The molecule has 5 nitrogen and oxygen atoms in total. The lowest BCUT2D eigenvalue weighted by Gasteiger charge is -2.15. The van der Waals surface area contributed by atoms with E-state index in [0.717, 1.165) is 18.9 Å². The van der Waals surface area contributed by atoms with Crippen LogP contribution in [0, 0.1) is 6.92 Å². The molecule has 0 spiro atoms. The molecular formula is C12H14N4O. The summed E-state index contributed by atoms with van der Waals surface area (Å²) in [4.78, 5) is 8.38. The normalized spacial score (nSPS) is 24.1. The molecule has 2 aromatic rings. The number of aryl methyl sites for hydroxylation is 1. The molecule has 0 saturated carbocycles. The van der Waals surface area contributed by atoms with Crippen molar-refractivity contribution in [3.8, 4) is 0 Å². The van der Waals surface area contributed by atoms with E-state index < -0.39 is 0 Å². The molecule has 0 aliphatic carbocycles. The van der Waals surface area contributed by atoms with Gasteiger partial charge in [-0.3, -0.25) is 4.98 Å². The van der Waals surface area contributed by atoms with E-state index in [1.54, 1.807) is 0 Å². The van der Waals surface area contributed by atoms with Gasteiger partial charge in [-0.1, -0.05) is 5.16 Å². The second-order valence-electron chi connectivity index (χ2n) is 4.32. The third-order valence-electron chi connectivity index (χ3n) is 3.22. The highest BCUT2D eigenvalue weighted by Crippen LogP contribution is 2.33. The van der Waals surface area contributed by atoms with Crippen LogP contribution < -0.4 is 5.32 Å². The van der Waals surface area contributed by atoms with E-state index in [2.05, 4.69) is 32.6 Å². The summed E-state index contributed by atoms with van der Waals surface area (Å²) in [5.74, 6) is 2.11. The zero-order valence-electron chi connectivity index (χ0n) is 9.63. The number of aromatic nitrogens is 3. The van der Waals surface area contributed by atoms with E-state index in [1.165, 1.54) is 5.56 Å². The van der Waals surface area contributed by atoms with Gasteiger partial charge in [0.05, 0.1) is 0 Å². The topological polar surface area (TPSA) is 63.8 Å². The molecule has 0 unspecified atom stereocenters. The van der Waals surface area contributed by atoms with Crippen LogP contribution in [0.25, 0.3) is 0 Å². The van der Waals surface area contributed by atoms with Crippen molar-refractivity contribution in [1.82, 2.24) is 20.4 Å². The summed E-state index contributed by atoms with van der Waals surface area (Å²) >= 11 is 0. The van der Waals surface area contributed by atoms with Crippen molar-refractivity contribution in [2.24, 2.45) is 0 Å². The molecule has 0 aromatic carbocycles. The summed E-state index contributed by atoms with van der Waals surface area (Å²) in [5.41, 5.74) is 1.28. The molecule has 5 heteroatoms. The van der Waals surface area contributed by atoms with Crippen LogP contribution in [0.4, 0.5) is 0 Å². The fraction of sp³-hybridized carbons (Fsp3) is 0.417. The minimum Gasteiger partial charge on any atom is -0.340 e. The molecule has 0 radical (unpaired) electrons. The van der Waals surface area contributed by atoms with Gasteiger partial charge >= 0.3 is 0 Å². The third kappa shape index (κ3) is 1.93. The van der Waals surface area contributed by atoms with Crippen LogP contribution in [0.5, 0.6) is 0 Å². The predicted molar refractivity (Wildman–Crippen MR) is 61.6 cm³/mol. The van der Waals surface area contributed by atoms with Gasteiger partial charge in [-0.15, -0.1) is 0 Å². The number of rotatable bonds is 2. The Labute approximate surface area is 99.3 Å². The number of nitrogens with zero attached hydrogens (tertiary/aromatic N) is 3. The minimum atomic E-state index is 0.287. The molecule has 2 atom stereocenters. The van der Waals surface area contributed by atoms with Crippen molar-refractivity contribution in [3.63, 3.8) is 0 Å². The molecule has 0 amide bonds. The molecule has 3 rings (SSSR count). The molecule has 1 aliphatic heterocycles. The Balaban J connectivity index is 1.90. The Morgan fingerprint density at radius 1 is 1.24 bits per heavy atom. The van der Waals surface area contributed by atoms with Crippen molar-refractivity contribution >= 4 is 0 Å². The van der Waals surface area contributed by atoms with Crippen LogP contribution in [0.15, 0.2) is 29.0 Å². The van der Waals surface area contributed by atoms with E-state index in [-0.39, 0.29) is 5.92 Å². The van der Waals surface area contributed by atoms with E-state index in [1.807, 2.05) is 19.3 Å². The fourth-order valence-corrected chi connectivity index (χ4v) is 2.38. The summed E-state index contributed by atoms with van der Waals surface area (Å²) in [7, 11) is 0. The fourth-order valence-electron chi connectivity index (χ4n) is 2.38. The summed E-state index contributed by atoms with van der Waals surface area (Å²) in [6.45, 7) is 3.66. The molecule has 3 heterocycles. The Kier molecular flexibility index (Phi) is 2.60. The van der Waals surface area contributed by atoms with Gasteiger partial charge in [0.15, 0.2) is 5.82 Å². The van der Waals surface area contributed by atoms with Crippen LogP contribution >= 0.6 is 0 Å². The van der Waals surface area contributed by atoms with Crippen molar-refractivity contribution < 1.29 is 4.52 Å². The summed E-state index contributed by atoms with van der Waals surface area (Å²) in [5, 5.41) is 7.42. The van der Waals surface area contributed by atoms with Gasteiger partial charge in [0, 0.05) is 44.2 Å². The van der Waals surface area contributed by atoms with E-state index in [0.29, 0.717) is 11.8 Å². The van der Waals surface area contributed by atoms with Gasteiger partial charge in [0.2, 0.25) is 5.89 Å². The first kappa shape index (κ1) is 10.4. The first-order chi connectivity index (χ1) is 8.34. The standard InChI is InChI=1S/C12H14N4O/c1-8-15-12(16-17-8)11-7-14-6-10(11)9-2-4-13-5-3-9/h2-5,10-11,14H,6-7H2,1H3/t10-,11-/m0/s1. The summed E-state index contributed by atoms with van der Waals surface area (Å²) in [6.07, 6.45) is 3.65. The molecule has 88 valence electrons. The van der Waals surface area contributed by atoms with Gasteiger partial charge in [-0.05, 0) is 17.7 Å². The number of pyridine rings is 1. The van der Waals surface area contributed by atoms with Crippen molar-refractivity contribution in [2.75, 3.05) is 13.1 Å². The lowest BCUT2D eigenvalue weighted by atomic mass is 9.89. The molecule has 1 fully saturated rings. The highest BCUT2D eigenvalue weighted by molar-refractivity contribution is 5.23. The first-order valence-corrected chi connectivity index (χ1v) is 5.75. The van der Waals surface area contributed by atoms with Gasteiger partial charge in [0.1, 0.15) is 0 Å². The lowest BCUT2D eigenvalue weighted by Crippen LogP contribution is -2.10. The van der Waals surface area contributed by atoms with E-state index in [9.17, 15) is 0 Å². The molecule has 0 bridgehead atoms. The van der Waals surface area contributed by atoms with Gasteiger partial charge in [-0.25, -0.2) is 0 Å². The third-order valence-corrected chi connectivity index (χ3v) is 3.22. The van der Waals surface area contributed by atoms with Crippen LogP contribution in [0.1, 0.15) is 29.1 Å². The number of hydrogen-bond donors (Lipinski definition) is 1. The lowest BCUT2D eigenvalue weighted by molar-refractivity contribution is 0.382. The zero-order chi connectivity index (χ0) is 11.7. The molecular weight excluding hydrogens is 216 g/mol. The molecule has 17 heavy (non-hydrogen) atoms. The monoisotopic (exact) mass is 230 g/mol. The molecule has 2 aromatic heterocycles. The summed E-state index contributed by atoms with van der Waals surface area (Å²) in [6, 6.07) is 4.11. The highest BCUT2D eigenvalue weighted by atomic mass is 16.5. The zero-order valence-corrected chi connectivity index (χ0v) is 9.63. The Bertz CT molecular complexity index is 496.